The Bertz CT molecular complexity index is 610. The van der Waals surface area contributed by atoms with Crippen LogP contribution in [0.1, 0.15) is 19.7 Å². The van der Waals surface area contributed by atoms with Crippen molar-refractivity contribution in [3.63, 3.8) is 0 Å². The molecule has 2 aromatic rings. The van der Waals surface area contributed by atoms with Crippen LogP contribution in [0, 0.1) is 0 Å². The Hall–Kier alpha value is -2.41. The number of rotatable bonds is 7. The standard InChI is InChI=1S/C16H24N6O/c1-4-17-16(20-13(2)11-23-3)18-10-15-21-19-12-22(15)14-8-6-5-7-9-14/h5-9,12-13H,4,10-11H2,1-3H3,(H2,17,18,20). The number of aliphatic imine (C=N–C) groups is 1. The van der Waals surface area contributed by atoms with Gasteiger partial charge < -0.3 is 15.4 Å². The van der Waals surface area contributed by atoms with Crippen molar-refractivity contribution in [3.05, 3.63) is 42.5 Å². The topological polar surface area (TPSA) is 76.4 Å². The first-order valence-corrected chi connectivity index (χ1v) is 7.72. The molecular weight excluding hydrogens is 292 g/mol. The summed E-state index contributed by atoms with van der Waals surface area (Å²) in [4.78, 5) is 4.58. The zero-order valence-electron chi connectivity index (χ0n) is 13.9. The van der Waals surface area contributed by atoms with Crippen molar-refractivity contribution in [2.75, 3.05) is 20.3 Å². The van der Waals surface area contributed by atoms with E-state index >= 15 is 0 Å². The van der Waals surface area contributed by atoms with E-state index in [2.05, 4.69) is 25.8 Å². The Labute approximate surface area is 136 Å². The molecule has 0 spiro atoms. The highest BCUT2D eigenvalue weighted by atomic mass is 16.5. The van der Waals surface area contributed by atoms with Crippen molar-refractivity contribution in [1.82, 2.24) is 25.4 Å². The first-order valence-electron chi connectivity index (χ1n) is 7.72. The van der Waals surface area contributed by atoms with E-state index in [0.29, 0.717) is 13.2 Å². The first kappa shape index (κ1) is 17.0. The monoisotopic (exact) mass is 316 g/mol. The summed E-state index contributed by atoms with van der Waals surface area (Å²) >= 11 is 0. The highest BCUT2D eigenvalue weighted by molar-refractivity contribution is 5.80. The van der Waals surface area contributed by atoms with E-state index < -0.39 is 0 Å². The molecule has 0 fully saturated rings. The maximum atomic E-state index is 5.14. The number of nitrogens with one attached hydrogen (secondary N) is 2. The summed E-state index contributed by atoms with van der Waals surface area (Å²) < 4.78 is 7.07. The van der Waals surface area contributed by atoms with Gasteiger partial charge in [0.25, 0.3) is 0 Å². The summed E-state index contributed by atoms with van der Waals surface area (Å²) in [5, 5.41) is 14.7. The van der Waals surface area contributed by atoms with Crippen LogP contribution in [0.4, 0.5) is 0 Å². The lowest BCUT2D eigenvalue weighted by atomic mass is 10.3. The molecule has 7 nitrogen and oxygen atoms in total. The fourth-order valence-electron chi connectivity index (χ4n) is 2.17. The van der Waals surface area contributed by atoms with E-state index in [9.17, 15) is 0 Å². The summed E-state index contributed by atoms with van der Waals surface area (Å²) in [7, 11) is 1.69. The molecular formula is C16H24N6O. The molecule has 2 N–H and O–H groups in total. The van der Waals surface area contributed by atoms with Gasteiger partial charge in [0.05, 0.1) is 6.61 Å². The molecule has 0 saturated carbocycles. The van der Waals surface area contributed by atoms with Crippen molar-refractivity contribution in [1.29, 1.82) is 0 Å². The normalized spacial score (nSPS) is 12.9. The van der Waals surface area contributed by atoms with Gasteiger partial charge in [-0.2, -0.15) is 0 Å². The van der Waals surface area contributed by atoms with Crippen molar-refractivity contribution in [2.45, 2.75) is 26.4 Å². The van der Waals surface area contributed by atoms with Gasteiger partial charge in [0.1, 0.15) is 12.9 Å². The summed E-state index contributed by atoms with van der Waals surface area (Å²) in [5.41, 5.74) is 1.02. The van der Waals surface area contributed by atoms with Gasteiger partial charge in [-0.15, -0.1) is 10.2 Å². The molecule has 0 amide bonds. The average Bonchev–Trinajstić information content (AvgIpc) is 3.02. The largest absolute Gasteiger partial charge is 0.383 e. The summed E-state index contributed by atoms with van der Waals surface area (Å²) in [6.45, 7) is 5.92. The Morgan fingerprint density at radius 2 is 2.13 bits per heavy atom. The first-order chi connectivity index (χ1) is 11.2. The lowest BCUT2D eigenvalue weighted by Gasteiger charge is -2.16. The lowest BCUT2D eigenvalue weighted by molar-refractivity contribution is 0.179. The van der Waals surface area contributed by atoms with Crippen molar-refractivity contribution < 1.29 is 4.74 Å². The van der Waals surface area contributed by atoms with Crippen LogP contribution in [0.25, 0.3) is 5.69 Å². The molecule has 1 unspecified atom stereocenters. The second-order valence-corrected chi connectivity index (χ2v) is 5.15. The fourth-order valence-corrected chi connectivity index (χ4v) is 2.17. The molecule has 1 heterocycles. The van der Waals surface area contributed by atoms with Gasteiger partial charge in [-0.1, -0.05) is 18.2 Å². The van der Waals surface area contributed by atoms with Crippen LogP contribution in [-0.2, 0) is 11.3 Å². The number of hydrogen-bond donors (Lipinski definition) is 2. The summed E-state index contributed by atoms with van der Waals surface area (Å²) in [6.07, 6.45) is 1.70. The highest BCUT2D eigenvalue weighted by Crippen LogP contribution is 2.09. The molecule has 23 heavy (non-hydrogen) atoms. The van der Waals surface area contributed by atoms with Gasteiger partial charge in [-0.05, 0) is 26.0 Å². The number of benzene rings is 1. The number of guanidine groups is 1. The fraction of sp³-hybridized carbons (Fsp3) is 0.438. The van der Waals surface area contributed by atoms with Gasteiger partial charge in [-0.25, -0.2) is 4.99 Å². The minimum atomic E-state index is 0.171. The highest BCUT2D eigenvalue weighted by Gasteiger charge is 2.08. The van der Waals surface area contributed by atoms with Gasteiger partial charge >= 0.3 is 0 Å². The van der Waals surface area contributed by atoms with E-state index in [0.717, 1.165) is 24.0 Å². The zero-order valence-corrected chi connectivity index (χ0v) is 13.9. The molecule has 0 saturated heterocycles. The summed E-state index contributed by atoms with van der Waals surface area (Å²) in [5.74, 6) is 1.52. The number of nitrogens with zero attached hydrogens (tertiary/aromatic N) is 4. The smallest absolute Gasteiger partial charge is 0.191 e. The maximum absolute atomic E-state index is 5.14. The van der Waals surface area contributed by atoms with Crippen LogP contribution in [0.3, 0.4) is 0 Å². The molecule has 7 heteroatoms. The third-order valence-electron chi connectivity index (χ3n) is 3.18. The summed E-state index contributed by atoms with van der Waals surface area (Å²) in [6, 6.07) is 10.2. The predicted octanol–water partition coefficient (Wildman–Crippen LogP) is 1.36. The lowest BCUT2D eigenvalue weighted by Crippen LogP contribution is -2.44. The van der Waals surface area contributed by atoms with E-state index in [1.807, 2.05) is 48.7 Å². The number of hydrogen-bond acceptors (Lipinski definition) is 4. The van der Waals surface area contributed by atoms with E-state index in [1.165, 1.54) is 0 Å². The van der Waals surface area contributed by atoms with Crippen molar-refractivity contribution in [2.24, 2.45) is 4.99 Å². The molecule has 1 atom stereocenters. The third kappa shape index (κ3) is 5.07. The van der Waals surface area contributed by atoms with Crippen LogP contribution < -0.4 is 10.6 Å². The van der Waals surface area contributed by atoms with Crippen LogP contribution >= 0.6 is 0 Å². The van der Waals surface area contributed by atoms with Crippen LogP contribution in [0.5, 0.6) is 0 Å². The molecule has 0 aliphatic rings. The van der Waals surface area contributed by atoms with Gasteiger partial charge in [0.15, 0.2) is 11.8 Å². The van der Waals surface area contributed by atoms with E-state index in [1.54, 1.807) is 13.4 Å². The van der Waals surface area contributed by atoms with Gasteiger partial charge in [0, 0.05) is 25.4 Å². The minimum absolute atomic E-state index is 0.171. The van der Waals surface area contributed by atoms with Crippen molar-refractivity contribution >= 4 is 5.96 Å². The van der Waals surface area contributed by atoms with Crippen LogP contribution in [0.2, 0.25) is 0 Å². The Kier molecular flexibility index (Phi) is 6.56. The second kappa shape index (κ2) is 8.89. The molecule has 0 aliphatic heterocycles. The van der Waals surface area contributed by atoms with E-state index in [4.69, 9.17) is 4.74 Å². The molecule has 0 radical (unpaired) electrons. The van der Waals surface area contributed by atoms with Crippen molar-refractivity contribution in [3.8, 4) is 5.69 Å². The second-order valence-electron chi connectivity index (χ2n) is 5.15. The number of methoxy groups -OCH3 is 1. The number of aromatic nitrogens is 3. The molecule has 2 rings (SSSR count). The minimum Gasteiger partial charge on any atom is -0.383 e. The third-order valence-corrected chi connectivity index (χ3v) is 3.18. The van der Waals surface area contributed by atoms with Crippen LogP contribution in [-0.4, -0.2) is 47.0 Å². The predicted molar refractivity (Wildman–Crippen MR) is 90.6 cm³/mol. The van der Waals surface area contributed by atoms with Gasteiger partial charge in [0.2, 0.25) is 0 Å². The number of ether oxygens (including phenoxy) is 1. The quantitative estimate of drug-likeness (QED) is 0.596. The Balaban J connectivity index is 2.09. The Morgan fingerprint density at radius 3 is 2.83 bits per heavy atom. The molecule has 124 valence electrons. The average molecular weight is 316 g/mol. The maximum Gasteiger partial charge on any atom is 0.191 e. The molecule has 1 aromatic carbocycles. The van der Waals surface area contributed by atoms with Gasteiger partial charge in [-0.3, -0.25) is 4.57 Å². The van der Waals surface area contributed by atoms with E-state index in [-0.39, 0.29) is 6.04 Å². The molecule has 0 aliphatic carbocycles. The molecule has 0 bridgehead atoms. The Morgan fingerprint density at radius 1 is 1.35 bits per heavy atom. The SMILES string of the molecule is CCNC(=NCc1nncn1-c1ccccc1)NC(C)COC. The van der Waals surface area contributed by atoms with Crippen LogP contribution in [0.15, 0.2) is 41.7 Å². The number of para-hydroxylation sites is 1. The molecule has 1 aromatic heterocycles. The zero-order chi connectivity index (χ0) is 16.5.